The first-order valence-electron chi connectivity index (χ1n) is 15.4. The van der Waals surface area contributed by atoms with Crippen LogP contribution in [0.5, 0.6) is 0 Å². The van der Waals surface area contributed by atoms with Crippen LogP contribution in [0.25, 0.3) is 0 Å². The van der Waals surface area contributed by atoms with Crippen molar-refractivity contribution in [2.45, 2.75) is 76.7 Å². The number of aliphatic carboxylic acids is 1. The molecule has 1 aromatic carbocycles. The van der Waals surface area contributed by atoms with Gasteiger partial charge in [0.1, 0.15) is 6.04 Å². The van der Waals surface area contributed by atoms with Gasteiger partial charge in [0, 0.05) is 12.5 Å². The maximum atomic E-state index is 13.2. The number of carboxylic acid groups (broad SMARTS) is 1. The van der Waals surface area contributed by atoms with Gasteiger partial charge in [0.25, 0.3) is 0 Å². The Bertz CT molecular complexity index is 925. The van der Waals surface area contributed by atoms with Gasteiger partial charge in [0.2, 0.25) is 17.7 Å². The van der Waals surface area contributed by atoms with Gasteiger partial charge in [0.15, 0.2) is 0 Å². The number of rotatable bonds is 17. The van der Waals surface area contributed by atoms with Crippen LogP contribution in [0.2, 0.25) is 0 Å². The molecule has 0 aromatic heterocycles. The molecule has 228 valence electrons. The number of hydrogen-bond acceptors (Lipinski definition) is 6. The molecule has 1 atom stereocenters. The molecule has 0 radical (unpaired) electrons. The second-order valence-electron chi connectivity index (χ2n) is 11.6. The van der Waals surface area contributed by atoms with Gasteiger partial charge in [0.05, 0.1) is 13.0 Å². The predicted octanol–water partition coefficient (Wildman–Crippen LogP) is 1.99. The summed E-state index contributed by atoms with van der Waals surface area (Å²) in [6, 6.07) is 8.67. The summed E-state index contributed by atoms with van der Waals surface area (Å²) in [7, 11) is 0. The van der Waals surface area contributed by atoms with E-state index in [1.54, 1.807) is 0 Å². The Morgan fingerprint density at radius 1 is 0.829 bits per heavy atom. The number of carbonyl (C=O) groups is 4. The summed E-state index contributed by atoms with van der Waals surface area (Å²) in [4.78, 5) is 49.9. The summed E-state index contributed by atoms with van der Waals surface area (Å²) >= 11 is 0. The van der Waals surface area contributed by atoms with Crippen LogP contribution in [0, 0.1) is 17.8 Å². The van der Waals surface area contributed by atoms with Crippen molar-refractivity contribution in [2.24, 2.45) is 17.8 Å². The van der Waals surface area contributed by atoms with Crippen LogP contribution in [-0.4, -0.2) is 74.1 Å². The Hall–Kier alpha value is -2.98. The molecule has 0 bridgehead atoms. The first kappa shape index (κ1) is 32.5. The summed E-state index contributed by atoms with van der Waals surface area (Å²) in [6.45, 7) is 4.17. The van der Waals surface area contributed by atoms with Crippen LogP contribution in [0.15, 0.2) is 30.3 Å². The molecule has 2 heterocycles. The minimum absolute atomic E-state index is 0.136. The molecule has 2 saturated heterocycles. The first-order valence-corrected chi connectivity index (χ1v) is 15.4. The maximum absolute atomic E-state index is 13.2. The lowest BCUT2D eigenvalue weighted by atomic mass is 9.84. The van der Waals surface area contributed by atoms with Gasteiger partial charge in [-0.3, -0.25) is 19.2 Å². The van der Waals surface area contributed by atoms with E-state index in [1.165, 1.54) is 0 Å². The van der Waals surface area contributed by atoms with E-state index in [1.807, 2.05) is 30.3 Å². The molecule has 10 nitrogen and oxygen atoms in total. The molecular formula is C31H49N5O5. The highest BCUT2D eigenvalue weighted by atomic mass is 16.4. The van der Waals surface area contributed by atoms with Gasteiger partial charge in [-0.05, 0) is 108 Å². The van der Waals surface area contributed by atoms with E-state index < -0.39 is 30.2 Å². The Labute approximate surface area is 244 Å². The Morgan fingerprint density at radius 3 is 1.98 bits per heavy atom. The third-order valence-corrected chi connectivity index (χ3v) is 8.37. The fourth-order valence-corrected chi connectivity index (χ4v) is 5.83. The summed E-state index contributed by atoms with van der Waals surface area (Å²) in [5, 5.41) is 24.1. The quantitative estimate of drug-likeness (QED) is 0.157. The van der Waals surface area contributed by atoms with Crippen molar-refractivity contribution in [3.05, 3.63) is 35.9 Å². The smallest absolute Gasteiger partial charge is 0.305 e. The molecule has 0 aliphatic carbocycles. The van der Waals surface area contributed by atoms with Crippen LogP contribution < -0.4 is 26.6 Å². The van der Waals surface area contributed by atoms with Gasteiger partial charge in [-0.25, -0.2) is 0 Å². The third-order valence-electron chi connectivity index (χ3n) is 8.37. The molecule has 2 aliphatic rings. The van der Waals surface area contributed by atoms with Gasteiger partial charge < -0.3 is 31.7 Å². The number of hydrogen-bond donors (Lipinski definition) is 6. The fourth-order valence-electron chi connectivity index (χ4n) is 5.83. The number of carbonyl (C=O) groups excluding carboxylic acids is 3. The molecule has 3 amide bonds. The van der Waals surface area contributed by atoms with Gasteiger partial charge >= 0.3 is 5.97 Å². The minimum atomic E-state index is -1.20. The number of benzene rings is 1. The standard InChI is InChI=1S/C31H49N5O5/c37-28(36-27(21-29(38)39)31(41)34-16-4-7-23-5-2-1-3-6-23)22-35-30(40)26(10-8-24-12-17-32-18-13-24)11-9-25-14-19-33-20-15-25/h1-3,5-6,24-27,32-33H,4,7-22H2,(H,34,41)(H,35,40)(H,36,37)(H,38,39)/t27-/m0/s1. The topological polar surface area (TPSA) is 149 Å². The van der Waals surface area contributed by atoms with Gasteiger partial charge in [-0.2, -0.15) is 0 Å². The zero-order valence-corrected chi connectivity index (χ0v) is 24.3. The van der Waals surface area contributed by atoms with Crippen LogP contribution in [0.1, 0.15) is 69.8 Å². The largest absolute Gasteiger partial charge is 0.481 e. The van der Waals surface area contributed by atoms with E-state index >= 15 is 0 Å². The monoisotopic (exact) mass is 571 g/mol. The molecule has 10 heteroatoms. The first-order chi connectivity index (χ1) is 19.9. The van der Waals surface area contributed by atoms with Crippen molar-refractivity contribution in [1.82, 2.24) is 26.6 Å². The summed E-state index contributed by atoms with van der Waals surface area (Å²) < 4.78 is 0. The van der Waals surface area contributed by atoms with Crippen LogP contribution >= 0.6 is 0 Å². The van der Waals surface area contributed by atoms with Crippen molar-refractivity contribution in [3.8, 4) is 0 Å². The number of nitrogens with one attached hydrogen (secondary N) is 5. The van der Waals surface area contributed by atoms with Crippen LogP contribution in [-0.2, 0) is 25.6 Å². The van der Waals surface area contributed by atoms with E-state index in [0.29, 0.717) is 24.8 Å². The molecule has 0 saturated carbocycles. The molecule has 3 rings (SSSR count). The zero-order valence-electron chi connectivity index (χ0n) is 24.3. The normalized spacial score (nSPS) is 17.1. The van der Waals surface area contributed by atoms with Gasteiger partial charge in [-0.1, -0.05) is 30.3 Å². The van der Waals surface area contributed by atoms with E-state index in [9.17, 15) is 24.3 Å². The SMILES string of the molecule is O=C(O)C[C@H](NC(=O)CNC(=O)C(CCC1CCNCC1)CCC1CCNCC1)C(=O)NCCCc1ccccc1. The average Bonchev–Trinajstić information content (AvgIpc) is 2.99. The van der Waals surface area contributed by atoms with E-state index in [4.69, 9.17) is 0 Å². The van der Waals surface area contributed by atoms with Gasteiger partial charge in [-0.15, -0.1) is 0 Å². The summed E-state index contributed by atoms with van der Waals surface area (Å²) in [5.74, 6) is -1.34. The van der Waals surface area contributed by atoms with Crippen LogP contribution in [0.3, 0.4) is 0 Å². The molecule has 0 spiro atoms. The Kier molecular flexibility index (Phi) is 14.6. The van der Waals surface area contributed by atoms with Crippen molar-refractivity contribution >= 4 is 23.7 Å². The van der Waals surface area contributed by atoms with Crippen molar-refractivity contribution in [2.75, 3.05) is 39.3 Å². The molecule has 2 fully saturated rings. The lowest BCUT2D eigenvalue weighted by Gasteiger charge is -2.27. The predicted molar refractivity (Wildman–Crippen MR) is 158 cm³/mol. The average molecular weight is 572 g/mol. The van der Waals surface area contributed by atoms with E-state index in [2.05, 4.69) is 26.6 Å². The number of piperidine rings is 2. The lowest BCUT2D eigenvalue weighted by Crippen LogP contribution is -2.50. The van der Waals surface area contributed by atoms with Crippen molar-refractivity contribution in [3.63, 3.8) is 0 Å². The molecule has 1 aromatic rings. The summed E-state index contributed by atoms with van der Waals surface area (Å²) in [6.07, 6.45) is 9.07. The highest BCUT2D eigenvalue weighted by Crippen LogP contribution is 2.26. The molecule has 6 N–H and O–H groups in total. The van der Waals surface area contributed by atoms with E-state index in [0.717, 1.165) is 89.5 Å². The zero-order chi connectivity index (χ0) is 29.3. The second kappa shape index (κ2) is 18.5. The minimum Gasteiger partial charge on any atom is -0.481 e. The maximum Gasteiger partial charge on any atom is 0.305 e. The molecule has 2 aliphatic heterocycles. The summed E-state index contributed by atoms with van der Waals surface area (Å²) in [5.41, 5.74) is 1.15. The number of carboxylic acids is 1. The van der Waals surface area contributed by atoms with Crippen molar-refractivity contribution in [1.29, 1.82) is 0 Å². The van der Waals surface area contributed by atoms with E-state index in [-0.39, 0.29) is 18.4 Å². The molecule has 41 heavy (non-hydrogen) atoms. The second-order valence-corrected chi connectivity index (χ2v) is 11.6. The molecular weight excluding hydrogens is 522 g/mol. The third kappa shape index (κ3) is 13.0. The highest BCUT2D eigenvalue weighted by Gasteiger charge is 2.26. The fraction of sp³-hybridized carbons (Fsp3) is 0.677. The van der Waals surface area contributed by atoms with Crippen molar-refractivity contribution < 1.29 is 24.3 Å². The molecule has 0 unspecified atom stereocenters. The number of aryl methyl sites for hydroxylation is 1. The van der Waals surface area contributed by atoms with Crippen LogP contribution in [0.4, 0.5) is 0 Å². The highest BCUT2D eigenvalue weighted by molar-refractivity contribution is 5.92. The lowest BCUT2D eigenvalue weighted by molar-refractivity contribution is -0.140. The Balaban J connectivity index is 1.45. The Morgan fingerprint density at radius 2 is 1.41 bits per heavy atom. The number of amides is 3.